The van der Waals surface area contributed by atoms with Crippen molar-refractivity contribution >= 4 is 51.4 Å². The number of rotatable bonds is 7. The van der Waals surface area contributed by atoms with E-state index in [0.717, 1.165) is 21.2 Å². The van der Waals surface area contributed by atoms with E-state index >= 15 is 0 Å². The first-order valence-corrected chi connectivity index (χ1v) is 12.3. The summed E-state index contributed by atoms with van der Waals surface area (Å²) < 4.78 is 5.56. The van der Waals surface area contributed by atoms with Gasteiger partial charge in [0, 0.05) is 10.6 Å². The highest BCUT2D eigenvalue weighted by molar-refractivity contribution is 7.99. The fraction of sp³-hybridized carbons (Fsp3) is 0.0645. The van der Waals surface area contributed by atoms with Crippen LogP contribution in [-0.2, 0) is 4.79 Å². The van der Waals surface area contributed by atoms with E-state index in [9.17, 15) is 4.79 Å². The monoisotopic (exact) mass is 460 g/mol. The van der Waals surface area contributed by atoms with Crippen LogP contribution in [-0.4, -0.2) is 11.7 Å². The van der Waals surface area contributed by atoms with Crippen LogP contribution in [0.25, 0.3) is 33.7 Å². The van der Waals surface area contributed by atoms with Crippen LogP contribution in [0.3, 0.4) is 0 Å². The van der Waals surface area contributed by atoms with Crippen molar-refractivity contribution in [2.24, 2.45) is 0 Å². The molecule has 3 heteroatoms. The summed E-state index contributed by atoms with van der Waals surface area (Å²) in [6.45, 7) is 0. The fourth-order valence-electron chi connectivity index (χ4n) is 3.86. The number of carbonyl (C=O) groups excluding carboxylic acids is 1. The molecule has 5 rings (SSSR count). The van der Waals surface area contributed by atoms with Gasteiger partial charge in [-0.05, 0) is 69.1 Å². The average molecular weight is 461 g/mol. The van der Waals surface area contributed by atoms with Gasteiger partial charge in [0.2, 0.25) is 0 Å². The Morgan fingerprint density at radius 2 is 1.24 bits per heavy atom. The van der Waals surface area contributed by atoms with E-state index in [1.807, 2.05) is 48.5 Å². The van der Waals surface area contributed by atoms with Crippen LogP contribution in [0.1, 0.15) is 17.5 Å². The summed E-state index contributed by atoms with van der Waals surface area (Å²) in [6, 6.07) is 37.0. The second-order valence-electron chi connectivity index (χ2n) is 8.09. The summed E-state index contributed by atoms with van der Waals surface area (Å²) in [6.07, 6.45) is 4.63. The lowest BCUT2D eigenvalue weighted by Gasteiger charge is -2.07. The van der Waals surface area contributed by atoms with Crippen molar-refractivity contribution in [3.63, 3.8) is 0 Å². The van der Waals surface area contributed by atoms with Crippen LogP contribution in [0.4, 0.5) is 0 Å². The van der Waals surface area contributed by atoms with Gasteiger partial charge in [-0.3, -0.25) is 4.79 Å². The molecule has 0 fully saturated rings. The minimum atomic E-state index is -0.210. The van der Waals surface area contributed by atoms with Crippen LogP contribution in [0.15, 0.2) is 114 Å². The Hall–Kier alpha value is -3.82. The lowest BCUT2D eigenvalue weighted by Crippen LogP contribution is -2.08. The number of esters is 1. The number of benzene rings is 5. The molecule has 0 radical (unpaired) electrons. The van der Waals surface area contributed by atoms with Gasteiger partial charge in [-0.2, -0.15) is 0 Å². The highest BCUT2D eigenvalue weighted by atomic mass is 32.2. The molecular formula is C31H24O2S. The van der Waals surface area contributed by atoms with Gasteiger partial charge in [0.05, 0.1) is 6.42 Å². The fourth-order valence-corrected chi connectivity index (χ4v) is 4.72. The summed E-state index contributed by atoms with van der Waals surface area (Å²) in [5, 5.41) is 4.65. The zero-order valence-electron chi connectivity index (χ0n) is 18.7. The first-order valence-electron chi connectivity index (χ1n) is 11.3. The van der Waals surface area contributed by atoms with E-state index in [1.165, 1.54) is 16.3 Å². The molecule has 0 aliphatic carbocycles. The lowest BCUT2D eigenvalue weighted by atomic mass is 10.0. The Labute approximate surface area is 203 Å². The van der Waals surface area contributed by atoms with Crippen LogP contribution in [0.2, 0.25) is 0 Å². The summed E-state index contributed by atoms with van der Waals surface area (Å²) in [5.41, 5.74) is 2.30. The molecule has 0 bridgehead atoms. The van der Waals surface area contributed by atoms with Crippen LogP contribution >= 0.6 is 11.8 Å². The van der Waals surface area contributed by atoms with E-state index in [1.54, 1.807) is 11.8 Å². The van der Waals surface area contributed by atoms with E-state index < -0.39 is 0 Å². The van der Waals surface area contributed by atoms with Gasteiger partial charge in [0.15, 0.2) is 0 Å². The SMILES string of the molecule is O=C(CCSc1ccccc1)Oc1ccc2cc(/C=C/c3ccc4ccccc4c3)ccc2c1. The van der Waals surface area contributed by atoms with E-state index in [2.05, 4.69) is 72.8 Å². The summed E-state index contributed by atoms with van der Waals surface area (Å²) >= 11 is 1.66. The molecule has 5 aromatic rings. The quantitative estimate of drug-likeness (QED) is 0.106. The largest absolute Gasteiger partial charge is 0.426 e. The molecule has 0 amide bonds. The van der Waals surface area contributed by atoms with Crippen LogP contribution in [0, 0.1) is 0 Å². The molecule has 0 aliphatic rings. The number of thioether (sulfide) groups is 1. The maximum absolute atomic E-state index is 12.2. The third-order valence-corrected chi connectivity index (χ3v) is 6.64. The molecule has 0 N–H and O–H groups in total. The lowest BCUT2D eigenvalue weighted by molar-refractivity contribution is -0.133. The second kappa shape index (κ2) is 10.4. The highest BCUT2D eigenvalue weighted by Gasteiger charge is 2.07. The Kier molecular flexibility index (Phi) is 6.73. The number of ether oxygens (including phenoxy) is 1. The average Bonchev–Trinajstić information content (AvgIpc) is 2.88. The van der Waals surface area contributed by atoms with Crippen molar-refractivity contribution in [3.05, 3.63) is 120 Å². The summed E-state index contributed by atoms with van der Waals surface area (Å²) in [4.78, 5) is 13.4. The Balaban J connectivity index is 1.22. The molecule has 0 saturated heterocycles. The Bertz CT molecular complexity index is 1470. The van der Waals surface area contributed by atoms with Crippen molar-refractivity contribution in [2.75, 3.05) is 5.75 Å². The first-order chi connectivity index (χ1) is 16.7. The van der Waals surface area contributed by atoms with Crippen molar-refractivity contribution in [1.29, 1.82) is 0 Å². The first kappa shape index (κ1) is 22.0. The highest BCUT2D eigenvalue weighted by Crippen LogP contribution is 2.24. The standard InChI is InChI=1S/C31H24O2S/c32-31(18-19-34-30-8-2-1-3-9-30)33-29-17-16-27-21-24(13-15-28(27)22-29)11-10-23-12-14-25-6-4-5-7-26(25)20-23/h1-17,20-22H,18-19H2/b11-10+. The Morgan fingerprint density at radius 3 is 2.00 bits per heavy atom. The maximum atomic E-state index is 12.2. The molecule has 34 heavy (non-hydrogen) atoms. The third-order valence-electron chi connectivity index (χ3n) is 5.63. The molecule has 0 aromatic heterocycles. The molecule has 0 unspecified atom stereocenters. The minimum Gasteiger partial charge on any atom is -0.426 e. The van der Waals surface area contributed by atoms with Gasteiger partial charge in [-0.1, -0.05) is 84.9 Å². The molecule has 0 aliphatic heterocycles. The van der Waals surface area contributed by atoms with E-state index in [-0.39, 0.29) is 5.97 Å². The smallest absolute Gasteiger partial charge is 0.312 e. The molecule has 2 nitrogen and oxygen atoms in total. The minimum absolute atomic E-state index is 0.210. The van der Waals surface area contributed by atoms with Gasteiger partial charge in [0.25, 0.3) is 0 Å². The molecule has 5 aromatic carbocycles. The summed E-state index contributed by atoms with van der Waals surface area (Å²) in [5.74, 6) is 1.07. The molecule has 0 atom stereocenters. The van der Waals surface area contributed by atoms with E-state index in [0.29, 0.717) is 17.9 Å². The molecule has 166 valence electrons. The topological polar surface area (TPSA) is 26.3 Å². The number of hydrogen-bond donors (Lipinski definition) is 0. The van der Waals surface area contributed by atoms with Crippen molar-refractivity contribution in [1.82, 2.24) is 0 Å². The molecule has 0 spiro atoms. The van der Waals surface area contributed by atoms with Gasteiger partial charge in [0.1, 0.15) is 5.75 Å². The number of hydrogen-bond acceptors (Lipinski definition) is 3. The van der Waals surface area contributed by atoms with E-state index in [4.69, 9.17) is 4.74 Å². The predicted octanol–water partition coefficient (Wildman–Crippen LogP) is 8.25. The normalized spacial score (nSPS) is 11.3. The van der Waals surface area contributed by atoms with Gasteiger partial charge < -0.3 is 4.74 Å². The molecular weight excluding hydrogens is 436 g/mol. The second-order valence-corrected chi connectivity index (χ2v) is 9.26. The zero-order chi connectivity index (χ0) is 23.2. The molecule has 0 heterocycles. The maximum Gasteiger partial charge on any atom is 0.312 e. The van der Waals surface area contributed by atoms with Crippen LogP contribution < -0.4 is 4.74 Å². The van der Waals surface area contributed by atoms with Gasteiger partial charge >= 0.3 is 5.97 Å². The van der Waals surface area contributed by atoms with Crippen molar-refractivity contribution < 1.29 is 9.53 Å². The van der Waals surface area contributed by atoms with Crippen LogP contribution in [0.5, 0.6) is 5.75 Å². The zero-order valence-corrected chi connectivity index (χ0v) is 19.5. The summed E-state index contributed by atoms with van der Waals surface area (Å²) in [7, 11) is 0. The van der Waals surface area contributed by atoms with Crippen molar-refractivity contribution in [3.8, 4) is 5.75 Å². The number of fused-ring (bicyclic) bond motifs is 2. The molecule has 0 saturated carbocycles. The van der Waals surface area contributed by atoms with Gasteiger partial charge in [-0.25, -0.2) is 0 Å². The van der Waals surface area contributed by atoms with Gasteiger partial charge in [-0.15, -0.1) is 11.8 Å². The third kappa shape index (κ3) is 5.56. The number of carbonyl (C=O) groups is 1. The van der Waals surface area contributed by atoms with Crippen molar-refractivity contribution in [2.45, 2.75) is 11.3 Å². The predicted molar refractivity (Wildman–Crippen MR) is 144 cm³/mol. The Morgan fingerprint density at radius 1 is 0.647 bits per heavy atom.